The average molecular weight is 333 g/mol. The van der Waals surface area contributed by atoms with E-state index < -0.39 is 23.4 Å². The number of aromatic carboxylic acids is 2. The summed E-state index contributed by atoms with van der Waals surface area (Å²) in [5, 5.41) is 38.1. The number of hydrogen-bond donors (Lipinski definition) is 2. The molecule has 1 radical (unpaired) electrons. The maximum Gasteiger partial charge on any atom is 2.00 e. The summed E-state index contributed by atoms with van der Waals surface area (Å²) in [6, 6.07) is 11.1. The molecule has 0 aliphatic carbocycles. The molecular formula is C14H10CoO6. The number of hydrogen-bond acceptors (Lipinski definition) is 4. The van der Waals surface area contributed by atoms with E-state index in [1.54, 1.807) is 0 Å². The van der Waals surface area contributed by atoms with Crippen LogP contribution in [0, 0.1) is 0 Å². The zero-order chi connectivity index (χ0) is 15.1. The summed E-state index contributed by atoms with van der Waals surface area (Å²) >= 11 is 0. The van der Waals surface area contributed by atoms with Gasteiger partial charge in [-0.15, -0.1) is 0 Å². The Morgan fingerprint density at radius 1 is 0.714 bits per heavy atom. The third-order valence-electron chi connectivity index (χ3n) is 2.23. The standard InChI is InChI=1S/2C7H6O3.Co/c2*8-6-4-2-1-3-5(6)7(9)10;/h2*1-4,8H,(H,9,10);/q;;+2/p-2. The van der Waals surface area contributed by atoms with Crippen LogP contribution in [0.3, 0.4) is 0 Å². The van der Waals surface area contributed by atoms with Gasteiger partial charge in [0.2, 0.25) is 0 Å². The van der Waals surface area contributed by atoms with Crippen LogP contribution in [0.1, 0.15) is 20.7 Å². The van der Waals surface area contributed by atoms with E-state index in [0.29, 0.717) is 0 Å². The van der Waals surface area contributed by atoms with Crippen LogP contribution in [0.15, 0.2) is 48.5 Å². The van der Waals surface area contributed by atoms with Crippen LogP contribution in [0.25, 0.3) is 0 Å². The van der Waals surface area contributed by atoms with E-state index in [4.69, 9.17) is 10.2 Å². The van der Waals surface area contributed by atoms with Crippen LogP contribution in [0.5, 0.6) is 11.5 Å². The van der Waals surface area contributed by atoms with Crippen molar-refractivity contribution in [2.45, 2.75) is 0 Å². The van der Waals surface area contributed by atoms with E-state index in [1.165, 1.54) is 48.5 Å². The maximum atomic E-state index is 10.7. The van der Waals surface area contributed by atoms with E-state index in [9.17, 15) is 19.8 Å². The molecule has 0 unspecified atom stereocenters. The molecule has 2 aromatic carbocycles. The molecule has 0 aliphatic rings. The molecule has 0 atom stereocenters. The SMILES string of the molecule is O=C(O)c1ccccc1[O-].O=C(O)c1ccccc1[O-].[Co+2]. The molecular weight excluding hydrogens is 323 g/mol. The van der Waals surface area contributed by atoms with Crippen LogP contribution in [0.2, 0.25) is 0 Å². The second kappa shape index (κ2) is 8.62. The fourth-order valence-electron chi connectivity index (χ4n) is 1.29. The predicted octanol–water partition coefficient (Wildman–Crippen LogP) is 0.914. The first-order valence-corrected chi connectivity index (χ1v) is 5.42. The average Bonchev–Trinajstić information content (AvgIpc) is 2.40. The van der Waals surface area contributed by atoms with Crippen molar-refractivity contribution in [2.75, 3.05) is 0 Å². The van der Waals surface area contributed by atoms with Gasteiger partial charge in [-0.1, -0.05) is 47.9 Å². The van der Waals surface area contributed by atoms with Gasteiger partial charge < -0.3 is 20.4 Å². The molecule has 2 aromatic rings. The van der Waals surface area contributed by atoms with Gasteiger partial charge in [-0.3, -0.25) is 0 Å². The first kappa shape index (κ1) is 18.5. The summed E-state index contributed by atoms with van der Waals surface area (Å²) in [4.78, 5) is 20.4. The van der Waals surface area contributed by atoms with Gasteiger partial charge >= 0.3 is 28.7 Å². The van der Waals surface area contributed by atoms with Gasteiger partial charge in [-0.2, -0.15) is 0 Å². The van der Waals surface area contributed by atoms with E-state index in [-0.39, 0.29) is 27.9 Å². The Bertz CT molecular complexity index is 571. The molecule has 21 heavy (non-hydrogen) atoms. The zero-order valence-electron chi connectivity index (χ0n) is 10.5. The molecule has 0 fully saturated rings. The minimum Gasteiger partial charge on any atom is -0.872 e. The molecule has 0 spiro atoms. The first-order chi connectivity index (χ1) is 9.43. The quantitative estimate of drug-likeness (QED) is 0.843. The van der Waals surface area contributed by atoms with E-state index >= 15 is 0 Å². The number of carboxylic acids is 2. The Morgan fingerprint density at radius 2 is 1.00 bits per heavy atom. The number of rotatable bonds is 2. The number of benzene rings is 2. The summed E-state index contributed by atoms with van der Waals surface area (Å²) in [6.07, 6.45) is 0. The minimum absolute atomic E-state index is 0. The Balaban J connectivity index is 0.000000364. The van der Waals surface area contributed by atoms with Crippen LogP contribution < -0.4 is 10.2 Å². The van der Waals surface area contributed by atoms with E-state index in [2.05, 4.69) is 0 Å². The van der Waals surface area contributed by atoms with Crippen LogP contribution in [-0.4, -0.2) is 22.2 Å². The summed E-state index contributed by atoms with van der Waals surface area (Å²) in [5.74, 6) is -3.25. The molecule has 0 bridgehead atoms. The first-order valence-electron chi connectivity index (χ1n) is 5.42. The molecule has 111 valence electrons. The van der Waals surface area contributed by atoms with Gasteiger partial charge in [0.05, 0.1) is 11.1 Å². The van der Waals surface area contributed by atoms with Crippen LogP contribution >= 0.6 is 0 Å². The van der Waals surface area contributed by atoms with Gasteiger partial charge in [0.25, 0.3) is 0 Å². The molecule has 0 aliphatic heterocycles. The molecule has 2 N–H and O–H groups in total. The summed E-state index contributed by atoms with van der Waals surface area (Å²) in [5.41, 5.74) is -0.356. The maximum absolute atomic E-state index is 10.7. The van der Waals surface area contributed by atoms with Gasteiger partial charge in [-0.05, 0) is 12.1 Å². The number of carbonyl (C=O) groups is 2. The van der Waals surface area contributed by atoms with Crippen molar-refractivity contribution < 1.29 is 46.8 Å². The van der Waals surface area contributed by atoms with Crippen LogP contribution in [-0.2, 0) is 16.8 Å². The van der Waals surface area contributed by atoms with Crippen molar-refractivity contribution in [1.82, 2.24) is 0 Å². The molecule has 0 aromatic heterocycles. The van der Waals surface area contributed by atoms with Crippen molar-refractivity contribution in [3.05, 3.63) is 59.7 Å². The Hall–Kier alpha value is -2.51. The molecule has 0 amide bonds. The minimum atomic E-state index is -1.18. The van der Waals surface area contributed by atoms with E-state index in [1.807, 2.05) is 0 Å². The molecule has 7 heteroatoms. The molecule has 0 saturated heterocycles. The Kier molecular flexibility index (Phi) is 7.59. The van der Waals surface area contributed by atoms with Crippen molar-refractivity contribution >= 4 is 11.9 Å². The van der Waals surface area contributed by atoms with Crippen molar-refractivity contribution in [2.24, 2.45) is 0 Å². The fraction of sp³-hybridized carbons (Fsp3) is 0. The second-order valence-corrected chi connectivity index (χ2v) is 3.60. The normalized spacial score (nSPS) is 8.76. The molecule has 2 rings (SSSR count). The zero-order valence-corrected chi connectivity index (χ0v) is 11.5. The largest absolute Gasteiger partial charge is 2.00 e. The molecule has 6 nitrogen and oxygen atoms in total. The second-order valence-electron chi connectivity index (χ2n) is 3.60. The molecule has 0 saturated carbocycles. The monoisotopic (exact) mass is 333 g/mol. The van der Waals surface area contributed by atoms with E-state index in [0.717, 1.165) is 0 Å². The van der Waals surface area contributed by atoms with Gasteiger partial charge in [-0.25, -0.2) is 9.59 Å². The van der Waals surface area contributed by atoms with Gasteiger partial charge in [0.15, 0.2) is 0 Å². The topological polar surface area (TPSA) is 121 Å². The smallest absolute Gasteiger partial charge is 0.872 e. The van der Waals surface area contributed by atoms with Gasteiger partial charge in [0, 0.05) is 0 Å². The van der Waals surface area contributed by atoms with Crippen molar-refractivity contribution in [3.63, 3.8) is 0 Å². The van der Waals surface area contributed by atoms with Crippen molar-refractivity contribution in [1.29, 1.82) is 0 Å². The summed E-state index contributed by atoms with van der Waals surface area (Å²) in [7, 11) is 0. The number of carboxylic acid groups (broad SMARTS) is 2. The summed E-state index contributed by atoms with van der Waals surface area (Å²) in [6.45, 7) is 0. The van der Waals surface area contributed by atoms with Crippen LogP contribution in [0.4, 0.5) is 0 Å². The fourth-order valence-corrected chi connectivity index (χ4v) is 1.29. The molecule has 0 heterocycles. The third-order valence-corrected chi connectivity index (χ3v) is 2.23. The third kappa shape index (κ3) is 5.55. The predicted molar refractivity (Wildman–Crippen MR) is 65.7 cm³/mol. The van der Waals surface area contributed by atoms with Gasteiger partial charge in [0.1, 0.15) is 0 Å². The number of para-hydroxylation sites is 2. The Morgan fingerprint density at radius 3 is 1.19 bits per heavy atom. The summed E-state index contributed by atoms with van der Waals surface area (Å²) < 4.78 is 0. The van der Waals surface area contributed by atoms with Crippen molar-refractivity contribution in [3.8, 4) is 11.5 Å². The Labute approximate surface area is 130 Å².